The lowest BCUT2D eigenvalue weighted by Gasteiger charge is -2.20. The minimum Gasteiger partial charge on any atom is -0.487 e. The van der Waals surface area contributed by atoms with Crippen LogP contribution in [0.4, 0.5) is 0 Å². The molecule has 1 rings (SSSR count). The summed E-state index contributed by atoms with van der Waals surface area (Å²) in [6.45, 7) is 4.72. The van der Waals surface area contributed by atoms with Gasteiger partial charge in [0.2, 0.25) is 0 Å². The van der Waals surface area contributed by atoms with Gasteiger partial charge in [-0.2, -0.15) is 0 Å². The molecular formula is C10H16N2O. The van der Waals surface area contributed by atoms with Gasteiger partial charge in [-0.1, -0.05) is 13.8 Å². The fourth-order valence-corrected chi connectivity index (χ4v) is 1.05. The summed E-state index contributed by atoms with van der Waals surface area (Å²) in [5.41, 5.74) is 5.58. The summed E-state index contributed by atoms with van der Waals surface area (Å²) < 4.78 is 5.64. The molecule has 1 heterocycles. The van der Waals surface area contributed by atoms with Crippen LogP contribution in [0, 0.1) is 5.92 Å². The van der Waals surface area contributed by atoms with Gasteiger partial charge in [-0.05, 0) is 18.1 Å². The van der Waals surface area contributed by atoms with E-state index in [2.05, 4.69) is 18.8 Å². The van der Waals surface area contributed by atoms with Crippen LogP contribution in [0.1, 0.15) is 13.8 Å². The Labute approximate surface area is 78.9 Å². The number of rotatable bonds is 4. The summed E-state index contributed by atoms with van der Waals surface area (Å²) in [5.74, 6) is 1.21. The lowest BCUT2D eigenvalue weighted by Crippen LogP contribution is -2.31. The van der Waals surface area contributed by atoms with Gasteiger partial charge in [-0.25, -0.2) is 0 Å². The summed E-state index contributed by atoms with van der Waals surface area (Å²) in [4.78, 5) is 3.97. The predicted octanol–water partition coefficient (Wildman–Crippen LogP) is 1.44. The van der Waals surface area contributed by atoms with Gasteiger partial charge in [-0.3, -0.25) is 4.98 Å². The zero-order valence-corrected chi connectivity index (χ0v) is 8.10. The van der Waals surface area contributed by atoms with Gasteiger partial charge in [0.05, 0.1) is 6.20 Å². The minimum atomic E-state index is 0.0733. The number of aromatic nitrogens is 1. The second-order valence-corrected chi connectivity index (χ2v) is 3.32. The number of nitrogens with zero attached hydrogens (tertiary/aromatic N) is 1. The molecule has 1 atom stereocenters. The van der Waals surface area contributed by atoms with Gasteiger partial charge in [0.1, 0.15) is 11.9 Å². The summed E-state index contributed by atoms with van der Waals surface area (Å²) in [6, 6.07) is 3.74. The van der Waals surface area contributed by atoms with Crippen molar-refractivity contribution in [2.75, 3.05) is 6.54 Å². The Morgan fingerprint density at radius 1 is 1.54 bits per heavy atom. The van der Waals surface area contributed by atoms with E-state index in [-0.39, 0.29) is 6.10 Å². The molecule has 0 aliphatic heterocycles. The number of hydrogen-bond acceptors (Lipinski definition) is 3. The number of hydrogen-bond donors (Lipinski definition) is 1. The Hall–Kier alpha value is -1.09. The molecule has 3 heteroatoms. The highest BCUT2D eigenvalue weighted by Gasteiger charge is 2.12. The molecule has 1 aromatic rings. The lowest BCUT2D eigenvalue weighted by atomic mass is 10.1. The molecule has 0 fully saturated rings. The van der Waals surface area contributed by atoms with Crippen LogP contribution < -0.4 is 10.5 Å². The molecule has 3 nitrogen and oxygen atoms in total. The van der Waals surface area contributed by atoms with Crippen LogP contribution in [0.5, 0.6) is 5.75 Å². The molecule has 2 N–H and O–H groups in total. The van der Waals surface area contributed by atoms with Crippen molar-refractivity contribution in [3.63, 3.8) is 0 Å². The van der Waals surface area contributed by atoms with E-state index in [1.165, 1.54) is 0 Å². The highest BCUT2D eigenvalue weighted by Crippen LogP contribution is 2.12. The van der Waals surface area contributed by atoms with Crippen LogP contribution in [-0.4, -0.2) is 17.6 Å². The first kappa shape index (κ1) is 9.99. The molecule has 1 unspecified atom stereocenters. The quantitative estimate of drug-likeness (QED) is 0.762. The highest BCUT2D eigenvalue weighted by molar-refractivity contribution is 5.15. The molecule has 0 radical (unpaired) electrons. The van der Waals surface area contributed by atoms with E-state index in [4.69, 9.17) is 10.5 Å². The van der Waals surface area contributed by atoms with Crippen molar-refractivity contribution in [1.29, 1.82) is 0 Å². The van der Waals surface area contributed by atoms with E-state index in [0.29, 0.717) is 12.5 Å². The maximum atomic E-state index is 5.64. The summed E-state index contributed by atoms with van der Waals surface area (Å²) in [6.07, 6.45) is 3.49. The van der Waals surface area contributed by atoms with Gasteiger partial charge in [0.15, 0.2) is 0 Å². The van der Waals surface area contributed by atoms with Crippen LogP contribution in [0.25, 0.3) is 0 Å². The first-order valence-corrected chi connectivity index (χ1v) is 4.50. The van der Waals surface area contributed by atoms with E-state index < -0.39 is 0 Å². The average Bonchev–Trinajstić information content (AvgIpc) is 2.15. The van der Waals surface area contributed by atoms with E-state index >= 15 is 0 Å². The van der Waals surface area contributed by atoms with Gasteiger partial charge in [-0.15, -0.1) is 0 Å². The molecule has 0 aliphatic carbocycles. The van der Waals surface area contributed by atoms with Gasteiger partial charge >= 0.3 is 0 Å². The van der Waals surface area contributed by atoms with E-state index in [9.17, 15) is 0 Å². The van der Waals surface area contributed by atoms with E-state index in [1.807, 2.05) is 12.1 Å². The van der Waals surface area contributed by atoms with Gasteiger partial charge < -0.3 is 10.5 Å². The smallest absolute Gasteiger partial charge is 0.138 e. The maximum Gasteiger partial charge on any atom is 0.138 e. The third-order valence-electron chi connectivity index (χ3n) is 1.90. The Balaban J connectivity index is 2.57. The number of nitrogens with two attached hydrogens (primary N) is 1. The first-order chi connectivity index (χ1) is 6.24. The minimum absolute atomic E-state index is 0.0733. The monoisotopic (exact) mass is 180 g/mol. The predicted molar refractivity (Wildman–Crippen MR) is 52.5 cm³/mol. The Bertz CT molecular complexity index is 236. The maximum absolute atomic E-state index is 5.64. The zero-order chi connectivity index (χ0) is 9.68. The fourth-order valence-electron chi connectivity index (χ4n) is 1.05. The van der Waals surface area contributed by atoms with Crippen molar-refractivity contribution in [2.45, 2.75) is 20.0 Å². The van der Waals surface area contributed by atoms with Crippen molar-refractivity contribution in [3.8, 4) is 5.75 Å². The molecule has 0 amide bonds. The van der Waals surface area contributed by atoms with Crippen LogP contribution in [0.2, 0.25) is 0 Å². The van der Waals surface area contributed by atoms with Crippen molar-refractivity contribution < 1.29 is 4.74 Å². The molecular weight excluding hydrogens is 164 g/mol. The standard InChI is InChI=1S/C10H16N2O/c1-8(2)10(6-11)13-9-4-3-5-12-7-9/h3-5,7-8,10H,6,11H2,1-2H3. The van der Waals surface area contributed by atoms with Crippen molar-refractivity contribution >= 4 is 0 Å². The van der Waals surface area contributed by atoms with Gasteiger partial charge in [0, 0.05) is 12.7 Å². The van der Waals surface area contributed by atoms with Crippen LogP contribution in [0.15, 0.2) is 24.5 Å². The van der Waals surface area contributed by atoms with Crippen LogP contribution in [-0.2, 0) is 0 Å². The van der Waals surface area contributed by atoms with Crippen LogP contribution in [0.3, 0.4) is 0 Å². The molecule has 0 saturated heterocycles. The highest BCUT2D eigenvalue weighted by atomic mass is 16.5. The molecule has 0 saturated carbocycles. The van der Waals surface area contributed by atoms with Crippen molar-refractivity contribution in [2.24, 2.45) is 11.7 Å². The molecule has 0 aliphatic rings. The molecule has 0 bridgehead atoms. The zero-order valence-electron chi connectivity index (χ0n) is 8.10. The average molecular weight is 180 g/mol. The largest absolute Gasteiger partial charge is 0.487 e. The molecule has 72 valence electrons. The molecule has 1 aromatic heterocycles. The number of pyridine rings is 1. The van der Waals surface area contributed by atoms with Crippen LogP contribution >= 0.6 is 0 Å². The van der Waals surface area contributed by atoms with Gasteiger partial charge in [0.25, 0.3) is 0 Å². The third kappa shape index (κ3) is 3.03. The Kier molecular flexibility index (Phi) is 3.71. The van der Waals surface area contributed by atoms with E-state index in [1.54, 1.807) is 12.4 Å². The van der Waals surface area contributed by atoms with E-state index in [0.717, 1.165) is 5.75 Å². The lowest BCUT2D eigenvalue weighted by molar-refractivity contribution is 0.159. The second kappa shape index (κ2) is 4.82. The molecule has 13 heavy (non-hydrogen) atoms. The SMILES string of the molecule is CC(C)C(CN)Oc1cccnc1. The molecule has 0 spiro atoms. The normalized spacial score (nSPS) is 12.9. The third-order valence-corrected chi connectivity index (χ3v) is 1.90. The first-order valence-electron chi connectivity index (χ1n) is 4.50. The topological polar surface area (TPSA) is 48.1 Å². The summed E-state index contributed by atoms with van der Waals surface area (Å²) in [7, 11) is 0. The summed E-state index contributed by atoms with van der Waals surface area (Å²) in [5, 5.41) is 0. The molecule has 0 aromatic carbocycles. The summed E-state index contributed by atoms with van der Waals surface area (Å²) >= 11 is 0. The fraction of sp³-hybridized carbons (Fsp3) is 0.500. The van der Waals surface area contributed by atoms with Crippen molar-refractivity contribution in [1.82, 2.24) is 4.98 Å². The second-order valence-electron chi connectivity index (χ2n) is 3.32. The Morgan fingerprint density at radius 2 is 2.31 bits per heavy atom. The Morgan fingerprint density at radius 3 is 2.77 bits per heavy atom. The number of ether oxygens (including phenoxy) is 1. The van der Waals surface area contributed by atoms with Crippen molar-refractivity contribution in [3.05, 3.63) is 24.5 Å².